The minimum Gasteiger partial charge on any atom is -0.337 e. The number of nitriles is 1. The van der Waals surface area contributed by atoms with Crippen LogP contribution in [0.15, 0.2) is 0 Å². The Labute approximate surface area is 58.0 Å². The van der Waals surface area contributed by atoms with E-state index in [1.54, 1.807) is 6.07 Å². The fourth-order valence-corrected chi connectivity index (χ4v) is 0.876. The van der Waals surface area contributed by atoms with E-state index in [1.165, 1.54) is 11.9 Å². The molecule has 0 bridgehead atoms. The minimum atomic E-state index is -0.738. The van der Waals surface area contributed by atoms with Crippen LogP contribution in [0.25, 0.3) is 0 Å². The highest BCUT2D eigenvalue weighted by atomic mass is 16.2. The van der Waals surface area contributed by atoms with E-state index in [0.29, 0.717) is 0 Å². The van der Waals surface area contributed by atoms with Crippen LogP contribution in [0.4, 0.5) is 0 Å². The molecule has 0 aromatic rings. The Morgan fingerprint density at radius 3 is 2.50 bits per heavy atom. The predicted octanol–water partition coefficient (Wildman–Crippen LogP) is -0.833. The molecular weight excluding hydrogens is 132 g/mol. The highest BCUT2D eigenvalue weighted by molar-refractivity contribution is 6.39. The van der Waals surface area contributed by atoms with E-state index < -0.39 is 17.6 Å². The number of hydrogen-bond donors (Lipinski definition) is 0. The Balaban J connectivity index is 2.84. The molecule has 52 valence electrons. The van der Waals surface area contributed by atoms with Gasteiger partial charge in [0.05, 0.1) is 6.07 Å². The topological polar surface area (TPSA) is 61.2 Å². The fraction of sp³-hybridized carbons (Fsp3) is 0.500. The van der Waals surface area contributed by atoms with Crippen LogP contribution in [-0.4, -0.2) is 30.2 Å². The Morgan fingerprint density at radius 1 is 1.70 bits per heavy atom. The Morgan fingerprint density at radius 2 is 2.30 bits per heavy atom. The maximum absolute atomic E-state index is 10.7. The first-order valence-electron chi connectivity index (χ1n) is 2.85. The van der Waals surface area contributed by atoms with E-state index in [0.717, 1.165) is 0 Å². The van der Waals surface area contributed by atoms with Gasteiger partial charge in [-0.1, -0.05) is 0 Å². The van der Waals surface area contributed by atoms with Crippen molar-refractivity contribution in [2.45, 2.75) is 0 Å². The summed E-state index contributed by atoms with van der Waals surface area (Å²) in [5.41, 5.74) is 0. The largest absolute Gasteiger partial charge is 0.337 e. The van der Waals surface area contributed by atoms with Gasteiger partial charge < -0.3 is 4.90 Å². The average molecular weight is 138 g/mol. The number of Topliss-reactive ketones (excluding diaryl/α,β-unsaturated/α-hetero) is 1. The maximum atomic E-state index is 10.7. The highest BCUT2D eigenvalue weighted by Gasteiger charge is 2.36. The molecule has 0 unspecified atom stereocenters. The summed E-state index contributed by atoms with van der Waals surface area (Å²) >= 11 is 0. The third-order valence-corrected chi connectivity index (χ3v) is 1.49. The number of likely N-dealkylation sites (N-methyl/N-ethyl adjacent to an activating group) is 1. The smallest absolute Gasteiger partial charge is 0.291 e. The average Bonchev–Trinajstić information content (AvgIpc) is 2.17. The zero-order valence-electron chi connectivity index (χ0n) is 5.50. The number of nitrogens with zero attached hydrogens (tertiary/aromatic N) is 2. The molecule has 1 saturated heterocycles. The Kier molecular flexibility index (Phi) is 1.42. The molecule has 0 saturated carbocycles. The van der Waals surface area contributed by atoms with Crippen LogP contribution in [0.3, 0.4) is 0 Å². The Bertz CT molecular complexity index is 228. The third-order valence-electron chi connectivity index (χ3n) is 1.49. The standard InChI is InChI=1S/C6H6N2O2/c1-8-3-4(2-7)5(9)6(8)10/h4H,3H2,1H3/t4-/m0/s1. The molecule has 1 atom stereocenters. The van der Waals surface area contributed by atoms with Gasteiger partial charge in [0, 0.05) is 13.6 Å². The first kappa shape index (κ1) is 6.75. The number of likely N-dealkylation sites (tertiary alicyclic amines) is 1. The van der Waals surface area contributed by atoms with E-state index in [1.807, 2.05) is 0 Å². The van der Waals surface area contributed by atoms with Gasteiger partial charge in [-0.05, 0) is 0 Å². The van der Waals surface area contributed by atoms with Gasteiger partial charge in [0.25, 0.3) is 5.91 Å². The lowest BCUT2D eigenvalue weighted by Gasteiger charge is -2.02. The fourth-order valence-electron chi connectivity index (χ4n) is 0.876. The summed E-state index contributed by atoms with van der Waals surface area (Å²) in [6.45, 7) is 0.244. The van der Waals surface area contributed by atoms with Crippen LogP contribution >= 0.6 is 0 Å². The van der Waals surface area contributed by atoms with Crippen molar-refractivity contribution in [1.29, 1.82) is 5.26 Å². The number of hydrogen-bond acceptors (Lipinski definition) is 3. The van der Waals surface area contributed by atoms with Gasteiger partial charge in [-0.25, -0.2) is 0 Å². The van der Waals surface area contributed by atoms with E-state index in [9.17, 15) is 9.59 Å². The van der Waals surface area contributed by atoms with Crippen molar-refractivity contribution in [3.05, 3.63) is 0 Å². The quantitative estimate of drug-likeness (QED) is 0.410. The van der Waals surface area contributed by atoms with Crippen LogP contribution in [-0.2, 0) is 9.59 Å². The van der Waals surface area contributed by atoms with Gasteiger partial charge in [0.1, 0.15) is 5.92 Å². The van der Waals surface area contributed by atoms with Crippen molar-refractivity contribution < 1.29 is 9.59 Å². The molecule has 4 heteroatoms. The predicted molar refractivity (Wildman–Crippen MR) is 31.7 cm³/mol. The van der Waals surface area contributed by atoms with Gasteiger partial charge in [-0.2, -0.15) is 5.26 Å². The van der Waals surface area contributed by atoms with Crippen molar-refractivity contribution >= 4 is 11.7 Å². The molecule has 1 aliphatic rings. The monoisotopic (exact) mass is 138 g/mol. The molecule has 10 heavy (non-hydrogen) atoms. The number of rotatable bonds is 0. The van der Waals surface area contributed by atoms with Gasteiger partial charge >= 0.3 is 0 Å². The molecule has 0 aliphatic carbocycles. The molecular formula is C6H6N2O2. The summed E-state index contributed by atoms with van der Waals surface area (Å²) in [4.78, 5) is 22.7. The minimum absolute atomic E-state index is 0.244. The van der Waals surface area contributed by atoms with Gasteiger partial charge in [0.15, 0.2) is 0 Å². The second-order valence-electron chi connectivity index (χ2n) is 2.23. The van der Waals surface area contributed by atoms with Crippen molar-refractivity contribution in [2.24, 2.45) is 5.92 Å². The molecule has 1 heterocycles. The van der Waals surface area contributed by atoms with Crippen LogP contribution in [0.1, 0.15) is 0 Å². The number of ketones is 1. The molecule has 1 fully saturated rings. The zero-order valence-corrected chi connectivity index (χ0v) is 5.50. The lowest BCUT2D eigenvalue weighted by atomic mass is 10.1. The second-order valence-corrected chi connectivity index (χ2v) is 2.23. The van der Waals surface area contributed by atoms with E-state index in [-0.39, 0.29) is 6.54 Å². The van der Waals surface area contributed by atoms with E-state index in [2.05, 4.69) is 0 Å². The number of amides is 1. The number of carbonyl (C=O) groups is 2. The van der Waals surface area contributed by atoms with Crippen LogP contribution in [0.2, 0.25) is 0 Å². The maximum Gasteiger partial charge on any atom is 0.291 e. The molecule has 0 spiro atoms. The second kappa shape index (κ2) is 2.10. The number of carbonyl (C=O) groups excluding carboxylic acids is 2. The lowest BCUT2D eigenvalue weighted by molar-refractivity contribution is -0.139. The van der Waals surface area contributed by atoms with Crippen LogP contribution in [0, 0.1) is 17.2 Å². The first-order valence-corrected chi connectivity index (χ1v) is 2.85. The molecule has 0 aromatic heterocycles. The molecule has 1 amide bonds. The van der Waals surface area contributed by atoms with Gasteiger partial charge in [0.2, 0.25) is 5.78 Å². The van der Waals surface area contributed by atoms with Gasteiger partial charge in [-0.3, -0.25) is 9.59 Å². The Hall–Kier alpha value is -1.37. The summed E-state index contributed by atoms with van der Waals surface area (Å²) in [7, 11) is 1.51. The van der Waals surface area contributed by atoms with Crippen molar-refractivity contribution in [1.82, 2.24) is 4.90 Å². The lowest BCUT2D eigenvalue weighted by Crippen LogP contribution is -2.22. The molecule has 0 radical (unpaired) electrons. The summed E-state index contributed by atoms with van der Waals surface area (Å²) in [6, 6.07) is 1.76. The van der Waals surface area contributed by atoms with E-state index >= 15 is 0 Å². The van der Waals surface area contributed by atoms with Crippen molar-refractivity contribution in [2.75, 3.05) is 13.6 Å². The zero-order chi connectivity index (χ0) is 7.72. The van der Waals surface area contributed by atoms with Crippen LogP contribution in [0.5, 0.6) is 0 Å². The van der Waals surface area contributed by atoms with Crippen LogP contribution < -0.4 is 0 Å². The van der Waals surface area contributed by atoms with E-state index in [4.69, 9.17) is 5.26 Å². The first-order chi connectivity index (χ1) is 4.66. The third kappa shape index (κ3) is 0.760. The molecule has 4 nitrogen and oxygen atoms in total. The molecule has 0 aromatic carbocycles. The molecule has 1 aliphatic heterocycles. The normalized spacial score (nSPS) is 25.2. The summed E-state index contributed by atoms with van der Waals surface area (Å²) in [5, 5.41) is 8.32. The summed E-state index contributed by atoms with van der Waals surface area (Å²) < 4.78 is 0. The highest BCUT2D eigenvalue weighted by Crippen LogP contribution is 2.09. The SMILES string of the molecule is CN1C[C@H](C#N)C(=O)C1=O. The van der Waals surface area contributed by atoms with Crippen molar-refractivity contribution in [3.63, 3.8) is 0 Å². The van der Waals surface area contributed by atoms with Crippen molar-refractivity contribution in [3.8, 4) is 6.07 Å². The molecule has 1 rings (SSSR count). The van der Waals surface area contributed by atoms with Gasteiger partial charge in [-0.15, -0.1) is 0 Å². The summed E-state index contributed by atoms with van der Waals surface area (Å²) in [6.07, 6.45) is 0. The summed E-state index contributed by atoms with van der Waals surface area (Å²) in [5.74, 6) is -1.87. The molecule has 0 N–H and O–H groups in total.